The number of hydrogen-bond donors (Lipinski definition) is 1. The largest absolute Gasteiger partial charge is 0.297 e. The van der Waals surface area contributed by atoms with E-state index in [9.17, 15) is 4.79 Å². The van der Waals surface area contributed by atoms with Gasteiger partial charge in [0.15, 0.2) is 0 Å². The lowest BCUT2D eigenvalue weighted by atomic mass is 10.1. The minimum Gasteiger partial charge on any atom is -0.297 e. The number of alkyl halides is 1. The van der Waals surface area contributed by atoms with Gasteiger partial charge in [0, 0.05) is 22.4 Å². The van der Waals surface area contributed by atoms with Crippen molar-refractivity contribution in [2.75, 3.05) is 5.32 Å². The van der Waals surface area contributed by atoms with Crippen LogP contribution in [0.3, 0.4) is 0 Å². The maximum atomic E-state index is 12.0. The van der Waals surface area contributed by atoms with Crippen LogP contribution in [-0.4, -0.2) is 15.3 Å². The SMILES string of the molecule is Cc1nsc(NC(=O)c2ccccc2CBr)n1. The van der Waals surface area contributed by atoms with Gasteiger partial charge >= 0.3 is 0 Å². The second-order valence-corrected chi connectivity index (χ2v) is 4.70. The first kappa shape index (κ1) is 12.2. The third kappa shape index (κ3) is 2.89. The van der Waals surface area contributed by atoms with Gasteiger partial charge in [-0.05, 0) is 18.6 Å². The molecule has 0 fully saturated rings. The summed E-state index contributed by atoms with van der Waals surface area (Å²) in [7, 11) is 0. The quantitative estimate of drug-likeness (QED) is 0.887. The van der Waals surface area contributed by atoms with Crippen molar-refractivity contribution in [3.63, 3.8) is 0 Å². The first-order valence-corrected chi connectivity index (χ1v) is 6.85. The third-order valence-electron chi connectivity index (χ3n) is 2.15. The van der Waals surface area contributed by atoms with Gasteiger partial charge in [0.25, 0.3) is 5.91 Å². The molecule has 2 rings (SSSR count). The molecule has 0 aliphatic carbocycles. The van der Waals surface area contributed by atoms with E-state index in [1.165, 1.54) is 11.5 Å². The molecular formula is C11H10BrN3OS. The number of benzene rings is 1. The van der Waals surface area contributed by atoms with E-state index in [1.807, 2.05) is 18.2 Å². The molecule has 0 spiro atoms. The fourth-order valence-electron chi connectivity index (χ4n) is 1.37. The molecule has 88 valence electrons. The van der Waals surface area contributed by atoms with Gasteiger partial charge in [-0.25, -0.2) is 4.98 Å². The maximum absolute atomic E-state index is 12.0. The van der Waals surface area contributed by atoms with E-state index in [4.69, 9.17) is 0 Å². The Kier molecular flexibility index (Phi) is 3.86. The molecule has 4 nitrogen and oxygen atoms in total. The molecule has 2 aromatic rings. The lowest BCUT2D eigenvalue weighted by Crippen LogP contribution is -2.13. The van der Waals surface area contributed by atoms with Gasteiger partial charge in [-0.1, -0.05) is 34.1 Å². The monoisotopic (exact) mass is 311 g/mol. The maximum Gasteiger partial charge on any atom is 0.257 e. The Hall–Kier alpha value is -1.27. The Morgan fingerprint density at radius 3 is 2.88 bits per heavy atom. The van der Waals surface area contributed by atoms with E-state index < -0.39 is 0 Å². The van der Waals surface area contributed by atoms with Crippen LogP contribution in [-0.2, 0) is 5.33 Å². The van der Waals surface area contributed by atoms with Crippen LogP contribution in [0.4, 0.5) is 5.13 Å². The summed E-state index contributed by atoms with van der Waals surface area (Å²) in [5, 5.41) is 3.91. The van der Waals surface area contributed by atoms with Crippen molar-refractivity contribution in [2.45, 2.75) is 12.3 Å². The van der Waals surface area contributed by atoms with Gasteiger partial charge in [0.1, 0.15) is 5.82 Å². The molecule has 17 heavy (non-hydrogen) atoms. The summed E-state index contributed by atoms with van der Waals surface area (Å²) in [6.45, 7) is 1.79. The molecule has 1 amide bonds. The van der Waals surface area contributed by atoms with Crippen LogP contribution < -0.4 is 5.32 Å². The molecule has 0 bridgehead atoms. The number of amides is 1. The molecule has 0 atom stereocenters. The molecule has 0 aliphatic heterocycles. The second-order valence-electron chi connectivity index (χ2n) is 3.39. The topological polar surface area (TPSA) is 54.9 Å². The lowest BCUT2D eigenvalue weighted by Gasteiger charge is -2.05. The van der Waals surface area contributed by atoms with E-state index in [0.717, 1.165) is 5.56 Å². The highest BCUT2D eigenvalue weighted by Gasteiger charge is 2.12. The summed E-state index contributed by atoms with van der Waals surface area (Å²) < 4.78 is 4.01. The highest BCUT2D eigenvalue weighted by molar-refractivity contribution is 9.08. The predicted octanol–water partition coefficient (Wildman–Crippen LogP) is 2.99. The summed E-state index contributed by atoms with van der Waals surface area (Å²) in [4.78, 5) is 16.1. The Morgan fingerprint density at radius 1 is 1.47 bits per heavy atom. The number of aromatic nitrogens is 2. The fraction of sp³-hybridized carbons (Fsp3) is 0.182. The van der Waals surface area contributed by atoms with Gasteiger partial charge in [-0.15, -0.1) is 0 Å². The highest BCUT2D eigenvalue weighted by atomic mass is 79.9. The zero-order valence-electron chi connectivity index (χ0n) is 9.11. The standard InChI is InChI=1S/C11H10BrN3OS/c1-7-13-11(17-15-7)14-10(16)9-5-3-2-4-8(9)6-12/h2-5H,6H2,1H3,(H,13,14,15,16). The number of anilines is 1. The number of aryl methyl sites for hydroxylation is 1. The Labute approximate surface area is 111 Å². The van der Waals surface area contributed by atoms with Crippen LogP contribution >= 0.6 is 27.5 Å². The van der Waals surface area contributed by atoms with Crippen LogP contribution in [0.5, 0.6) is 0 Å². The normalized spacial score (nSPS) is 10.2. The van der Waals surface area contributed by atoms with Gasteiger partial charge in [0.05, 0.1) is 0 Å². The fourth-order valence-corrected chi connectivity index (χ4v) is 2.43. The van der Waals surface area contributed by atoms with E-state index in [2.05, 4.69) is 30.6 Å². The lowest BCUT2D eigenvalue weighted by molar-refractivity contribution is 0.102. The molecule has 1 heterocycles. The average Bonchev–Trinajstić information content (AvgIpc) is 2.74. The van der Waals surface area contributed by atoms with E-state index >= 15 is 0 Å². The first-order valence-electron chi connectivity index (χ1n) is 4.96. The van der Waals surface area contributed by atoms with Gasteiger partial charge < -0.3 is 0 Å². The summed E-state index contributed by atoms with van der Waals surface area (Å²) in [6, 6.07) is 7.45. The minimum absolute atomic E-state index is 0.156. The smallest absolute Gasteiger partial charge is 0.257 e. The Morgan fingerprint density at radius 2 is 2.24 bits per heavy atom. The molecule has 0 radical (unpaired) electrons. The summed E-state index contributed by atoms with van der Waals surface area (Å²) in [5.74, 6) is 0.510. The summed E-state index contributed by atoms with van der Waals surface area (Å²) in [6.07, 6.45) is 0. The van der Waals surface area contributed by atoms with Crippen LogP contribution in [0.15, 0.2) is 24.3 Å². The highest BCUT2D eigenvalue weighted by Crippen LogP contribution is 2.16. The Bertz CT molecular complexity index is 541. The Balaban J connectivity index is 2.20. The minimum atomic E-state index is -0.156. The van der Waals surface area contributed by atoms with Crippen molar-refractivity contribution in [1.82, 2.24) is 9.36 Å². The van der Waals surface area contributed by atoms with Gasteiger partial charge in [-0.2, -0.15) is 4.37 Å². The first-order chi connectivity index (χ1) is 8.20. The summed E-state index contributed by atoms with van der Waals surface area (Å²) in [5.41, 5.74) is 1.60. The number of nitrogens with zero attached hydrogens (tertiary/aromatic N) is 2. The average molecular weight is 312 g/mol. The molecule has 6 heteroatoms. The third-order valence-corrected chi connectivity index (χ3v) is 3.48. The molecule has 0 saturated heterocycles. The van der Waals surface area contributed by atoms with E-state index in [0.29, 0.717) is 21.8 Å². The molecular weight excluding hydrogens is 302 g/mol. The number of hydrogen-bond acceptors (Lipinski definition) is 4. The molecule has 1 aromatic heterocycles. The van der Waals surface area contributed by atoms with E-state index in [-0.39, 0.29) is 5.91 Å². The van der Waals surface area contributed by atoms with Crippen molar-refractivity contribution in [3.05, 3.63) is 41.2 Å². The van der Waals surface area contributed by atoms with Crippen molar-refractivity contribution in [1.29, 1.82) is 0 Å². The van der Waals surface area contributed by atoms with Crippen LogP contribution in [0.25, 0.3) is 0 Å². The van der Waals surface area contributed by atoms with Gasteiger partial charge in [-0.3, -0.25) is 10.1 Å². The van der Waals surface area contributed by atoms with Crippen molar-refractivity contribution in [3.8, 4) is 0 Å². The van der Waals surface area contributed by atoms with Crippen LogP contribution in [0.2, 0.25) is 0 Å². The number of halogens is 1. The molecule has 0 unspecified atom stereocenters. The molecule has 0 saturated carbocycles. The van der Waals surface area contributed by atoms with Crippen molar-refractivity contribution < 1.29 is 4.79 Å². The van der Waals surface area contributed by atoms with Crippen LogP contribution in [0.1, 0.15) is 21.7 Å². The zero-order chi connectivity index (χ0) is 12.3. The zero-order valence-corrected chi connectivity index (χ0v) is 11.5. The number of carbonyl (C=O) groups is 1. The predicted molar refractivity (Wildman–Crippen MR) is 71.7 cm³/mol. The summed E-state index contributed by atoms with van der Waals surface area (Å²) >= 11 is 4.54. The number of nitrogens with one attached hydrogen (secondary N) is 1. The van der Waals surface area contributed by atoms with Crippen molar-refractivity contribution in [2.24, 2.45) is 0 Å². The van der Waals surface area contributed by atoms with Gasteiger partial charge in [0.2, 0.25) is 5.13 Å². The number of carbonyl (C=O) groups excluding carboxylic acids is 1. The van der Waals surface area contributed by atoms with Crippen LogP contribution in [0, 0.1) is 6.92 Å². The second kappa shape index (κ2) is 5.37. The van der Waals surface area contributed by atoms with E-state index in [1.54, 1.807) is 13.0 Å². The van der Waals surface area contributed by atoms with Crippen molar-refractivity contribution >= 4 is 38.5 Å². The molecule has 0 aliphatic rings. The molecule has 1 N–H and O–H groups in total. The molecule has 1 aromatic carbocycles. The number of rotatable bonds is 3.